The molecule has 0 amide bonds. The van der Waals surface area contributed by atoms with Gasteiger partial charge in [-0.2, -0.15) is 0 Å². The highest BCUT2D eigenvalue weighted by atomic mass is 79.9. The average Bonchev–Trinajstić information content (AvgIpc) is 2.13. The van der Waals surface area contributed by atoms with E-state index in [0.29, 0.717) is 11.1 Å². The van der Waals surface area contributed by atoms with E-state index in [4.69, 9.17) is 4.42 Å². The van der Waals surface area contributed by atoms with Gasteiger partial charge in [0.2, 0.25) is 0 Å². The van der Waals surface area contributed by atoms with Crippen molar-refractivity contribution < 1.29 is 9.21 Å². The molecule has 0 aliphatic carbocycles. The van der Waals surface area contributed by atoms with Gasteiger partial charge < -0.3 is 9.21 Å². The van der Waals surface area contributed by atoms with Crippen LogP contribution < -0.4 is 0 Å². The second-order valence-corrected chi connectivity index (χ2v) is 2.81. The Morgan fingerprint density at radius 2 is 2.50 bits per heavy atom. The maximum Gasteiger partial charge on any atom is 0.169 e. The van der Waals surface area contributed by atoms with Crippen molar-refractivity contribution >= 4 is 22.2 Å². The molecule has 0 saturated heterocycles. The molecule has 0 aliphatic heterocycles. The van der Waals surface area contributed by atoms with E-state index in [1.165, 1.54) is 0 Å². The van der Waals surface area contributed by atoms with Crippen LogP contribution in [0.5, 0.6) is 0 Å². The summed E-state index contributed by atoms with van der Waals surface area (Å²) in [5.74, 6) is 0.738. The first kappa shape index (κ1) is 7.54. The fraction of sp³-hybridized carbons (Fsp3) is 0.286. The summed E-state index contributed by atoms with van der Waals surface area (Å²) in [5.41, 5.74) is 1.01. The van der Waals surface area contributed by atoms with Gasteiger partial charge in [0, 0.05) is 0 Å². The molecule has 0 N–H and O–H groups in total. The average molecular weight is 203 g/mol. The van der Waals surface area contributed by atoms with Gasteiger partial charge in [-0.15, -0.1) is 0 Å². The molecule has 0 atom stereocenters. The molecule has 0 fully saturated rings. The Morgan fingerprint density at radius 3 is 2.90 bits per heavy atom. The summed E-state index contributed by atoms with van der Waals surface area (Å²) in [7, 11) is 0. The molecule has 1 aromatic heterocycles. The summed E-state index contributed by atoms with van der Waals surface area (Å²) in [6.45, 7) is 1.91. The standard InChI is InChI=1S/C7H7BrO2/c1-5-4-7(8)10-6(5)2-3-9/h3-4H,2H2,1H3. The van der Waals surface area contributed by atoms with Crippen LogP contribution in [0.3, 0.4) is 0 Å². The van der Waals surface area contributed by atoms with Crippen molar-refractivity contribution in [3.05, 3.63) is 22.1 Å². The minimum Gasteiger partial charge on any atom is -0.454 e. The molecule has 0 aliphatic rings. The Kier molecular flexibility index (Phi) is 2.27. The monoisotopic (exact) mass is 202 g/mol. The fourth-order valence-corrected chi connectivity index (χ4v) is 1.30. The highest BCUT2D eigenvalue weighted by molar-refractivity contribution is 9.10. The topological polar surface area (TPSA) is 30.2 Å². The van der Waals surface area contributed by atoms with Gasteiger partial charge in [-0.05, 0) is 34.5 Å². The molecule has 1 heterocycles. The van der Waals surface area contributed by atoms with Gasteiger partial charge in [-0.25, -0.2) is 0 Å². The van der Waals surface area contributed by atoms with Crippen molar-refractivity contribution in [3.8, 4) is 0 Å². The second kappa shape index (κ2) is 3.01. The van der Waals surface area contributed by atoms with E-state index in [-0.39, 0.29) is 0 Å². The highest BCUT2D eigenvalue weighted by Crippen LogP contribution is 2.18. The van der Waals surface area contributed by atoms with E-state index in [1.54, 1.807) is 0 Å². The zero-order valence-electron chi connectivity index (χ0n) is 5.56. The van der Waals surface area contributed by atoms with Crippen molar-refractivity contribution in [2.75, 3.05) is 0 Å². The summed E-state index contributed by atoms with van der Waals surface area (Å²) >= 11 is 3.17. The van der Waals surface area contributed by atoms with Gasteiger partial charge in [0.05, 0.1) is 6.42 Å². The van der Waals surface area contributed by atoms with Crippen molar-refractivity contribution in [1.29, 1.82) is 0 Å². The molecule has 0 bridgehead atoms. The van der Waals surface area contributed by atoms with E-state index in [9.17, 15) is 4.79 Å². The van der Waals surface area contributed by atoms with Crippen LogP contribution in [-0.4, -0.2) is 6.29 Å². The highest BCUT2D eigenvalue weighted by Gasteiger charge is 2.03. The van der Waals surface area contributed by atoms with E-state index >= 15 is 0 Å². The normalized spacial score (nSPS) is 9.80. The maximum absolute atomic E-state index is 10.1. The Balaban J connectivity index is 2.91. The molecule has 0 saturated carbocycles. The number of halogens is 1. The summed E-state index contributed by atoms with van der Waals surface area (Å²) < 4.78 is 5.82. The third-order valence-corrected chi connectivity index (χ3v) is 1.65. The largest absolute Gasteiger partial charge is 0.454 e. The minimum atomic E-state index is 0.359. The lowest BCUT2D eigenvalue weighted by Gasteiger charge is -1.86. The minimum absolute atomic E-state index is 0.359. The lowest BCUT2D eigenvalue weighted by molar-refractivity contribution is -0.107. The SMILES string of the molecule is Cc1cc(Br)oc1CC=O. The number of aldehydes is 1. The number of furan rings is 1. The third kappa shape index (κ3) is 1.48. The summed E-state index contributed by atoms with van der Waals surface area (Å²) in [6.07, 6.45) is 1.19. The van der Waals surface area contributed by atoms with Gasteiger partial charge in [-0.3, -0.25) is 0 Å². The van der Waals surface area contributed by atoms with E-state index in [1.807, 2.05) is 13.0 Å². The van der Waals surface area contributed by atoms with Crippen LogP contribution in [0.1, 0.15) is 11.3 Å². The smallest absolute Gasteiger partial charge is 0.169 e. The van der Waals surface area contributed by atoms with Gasteiger partial charge in [0.1, 0.15) is 12.0 Å². The molecule has 0 aromatic carbocycles. The number of carbonyl (C=O) groups is 1. The molecular formula is C7H7BrO2. The van der Waals surface area contributed by atoms with E-state index in [0.717, 1.165) is 17.6 Å². The molecule has 0 unspecified atom stereocenters. The van der Waals surface area contributed by atoms with Crippen LogP contribution in [-0.2, 0) is 11.2 Å². The van der Waals surface area contributed by atoms with Gasteiger partial charge in [-0.1, -0.05) is 0 Å². The molecule has 0 spiro atoms. The van der Waals surface area contributed by atoms with Crippen molar-refractivity contribution in [2.24, 2.45) is 0 Å². The number of hydrogen-bond acceptors (Lipinski definition) is 2. The Morgan fingerprint density at radius 1 is 1.80 bits per heavy atom. The van der Waals surface area contributed by atoms with Crippen molar-refractivity contribution in [2.45, 2.75) is 13.3 Å². The predicted octanol–water partition coefficient (Wildman–Crippen LogP) is 2.09. The summed E-state index contributed by atoms with van der Waals surface area (Å²) in [5, 5.41) is 0. The summed E-state index contributed by atoms with van der Waals surface area (Å²) in [6, 6.07) is 1.85. The lowest BCUT2D eigenvalue weighted by Crippen LogP contribution is -1.83. The first-order valence-electron chi connectivity index (χ1n) is 2.92. The van der Waals surface area contributed by atoms with Crippen molar-refractivity contribution in [3.63, 3.8) is 0 Å². The van der Waals surface area contributed by atoms with E-state index < -0.39 is 0 Å². The number of rotatable bonds is 2. The van der Waals surface area contributed by atoms with Crippen molar-refractivity contribution in [1.82, 2.24) is 0 Å². The maximum atomic E-state index is 10.1. The van der Waals surface area contributed by atoms with Crippen LogP contribution in [0.4, 0.5) is 0 Å². The van der Waals surface area contributed by atoms with Crippen LogP contribution in [0, 0.1) is 6.92 Å². The van der Waals surface area contributed by atoms with E-state index in [2.05, 4.69) is 15.9 Å². The van der Waals surface area contributed by atoms with Crippen LogP contribution >= 0.6 is 15.9 Å². The first-order chi connectivity index (χ1) is 4.74. The third-order valence-electron chi connectivity index (χ3n) is 1.26. The molecule has 0 radical (unpaired) electrons. The predicted molar refractivity (Wildman–Crippen MR) is 40.9 cm³/mol. The fourth-order valence-electron chi connectivity index (χ4n) is 0.757. The zero-order valence-corrected chi connectivity index (χ0v) is 7.14. The molecule has 1 rings (SSSR count). The molecule has 2 nitrogen and oxygen atoms in total. The molecule has 10 heavy (non-hydrogen) atoms. The van der Waals surface area contributed by atoms with Crippen LogP contribution in [0.15, 0.2) is 15.2 Å². The van der Waals surface area contributed by atoms with Crippen LogP contribution in [0.2, 0.25) is 0 Å². The Bertz CT molecular complexity index is 240. The Hall–Kier alpha value is -0.570. The quantitative estimate of drug-likeness (QED) is 0.689. The molecular weight excluding hydrogens is 196 g/mol. The van der Waals surface area contributed by atoms with Gasteiger partial charge >= 0.3 is 0 Å². The summed E-state index contributed by atoms with van der Waals surface area (Å²) in [4.78, 5) is 10.1. The molecule has 3 heteroatoms. The first-order valence-corrected chi connectivity index (χ1v) is 3.72. The number of aryl methyl sites for hydroxylation is 1. The zero-order chi connectivity index (χ0) is 7.56. The number of hydrogen-bond donors (Lipinski definition) is 0. The molecule has 54 valence electrons. The van der Waals surface area contributed by atoms with Gasteiger partial charge in [0.25, 0.3) is 0 Å². The van der Waals surface area contributed by atoms with Gasteiger partial charge in [0.15, 0.2) is 4.67 Å². The lowest BCUT2D eigenvalue weighted by atomic mass is 10.2. The second-order valence-electron chi connectivity index (χ2n) is 2.03. The molecule has 1 aromatic rings. The van der Waals surface area contributed by atoms with Crippen LogP contribution in [0.25, 0.3) is 0 Å². The number of carbonyl (C=O) groups excluding carboxylic acids is 1. The Labute approximate surface area is 67.3 Å².